The molecule has 12 heavy (non-hydrogen) atoms. The van der Waals surface area contributed by atoms with E-state index in [2.05, 4.69) is 4.98 Å². The Labute approximate surface area is 76.3 Å². The van der Waals surface area contributed by atoms with Crippen LogP contribution in [0.2, 0.25) is 0 Å². The summed E-state index contributed by atoms with van der Waals surface area (Å²) in [6.07, 6.45) is 2.97. The zero-order valence-corrected chi connectivity index (χ0v) is 8.24. The van der Waals surface area contributed by atoms with Crippen LogP contribution in [0, 0.1) is 6.92 Å². The fourth-order valence-electron chi connectivity index (χ4n) is 1.77. The van der Waals surface area contributed by atoms with Gasteiger partial charge in [-0.15, -0.1) is 11.3 Å². The maximum absolute atomic E-state index is 10.0. The molecule has 2 nitrogen and oxygen atoms in total. The Hall–Kier alpha value is -0.410. The fraction of sp³-hybridized carbons (Fsp3) is 0.667. The molecule has 0 saturated heterocycles. The first-order valence-electron chi connectivity index (χ1n) is 4.29. The molecule has 0 fully saturated rings. The molecule has 3 heteroatoms. The minimum Gasteiger partial charge on any atom is -0.385 e. The van der Waals surface area contributed by atoms with Crippen molar-refractivity contribution in [3.63, 3.8) is 0 Å². The van der Waals surface area contributed by atoms with Crippen LogP contribution < -0.4 is 0 Å². The van der Waals surface area contributed by atoms with Crippen molar-refractivity contribution in [2.24, 2.45) is 0 Å². The summed E-state index contributed by atoms with van der Waals surface area (Å²) in [6.45, 7) is 3.89. The molecule has 0 bridgehead atoms. The van der Waals surface area contributed by atoms with Crippen molar-refractivity contribution >= 4 is 11.3 Å². The van der Waals surface area contributed by atoms with E-state index in [-0.39, 0.29) is 0 Å². The summed E-state index contributed by atoms with van der Waals surface area (Å²) in [5.41, 5.74) is 0.508. The van der Waals surface area contributed by atoms with Crippen LogP contribution in [-0.2, 0) is 12.0 Å². The van der Waals surface area contributed by atoms with Crippen LogP contribution in [0.3, 0.4) is 0 Å². The average molecular weight is 183 g/mol. The summed E-state index contributed by atoms with van der Waals surface area (Å²) in [5.74, 6) is 0. The molecular formula is C9H13NOS. The summed E-state index contributed by atoms with van der Waals surface area (Å²) >= 11 is 1.64. The maximum atomic E-state index is 10.0. The van der Waals surface area contributed by atoms with E-state index in [0.29, 0.717) is 0 Å². The van der Waals surface area contributed by atoms with Crippen molar-refractivity contribution in [2.75, 3.05) is 0 Å². The Morgan fingerprint density at radius 2 is 2.33 bits per heavy atom. The minimum absolute atomic E-state index is 0.612. The van der Waals surface area contributed by atoms with Gasteiger partial charge in [-0.3, -0.25) is 0 Å². The standard InChI is InChI=1S/C9H13NOS/c1-6-10-7-4-3-5-9(2,11)8(7)12-6/h11H,3-5H2,1-2H3. The van der Waals surface area contributed by atoms with Gasteiger partial charge in [-0.2, -0.15) is 0 Å². The van der Waals surface area contributed by atoms with Crippen molar-refractivity contribution in [3.8, 4) is 0 Å². The van der Waals surface area contributed by atoms with E-state index in [1.165, 1.54) is 0 Å². The molecule has 1 atom stereocenters. The normalized spacial score (nSPS) is 28.6. The Morgan fingerprint density at radius 3 is 3.00 bits per heavy atom. The van der Waals surface area contributed by atoms with Crippen LogP contribution in [0.4, 0.5) is 0 Å². The highest BCUT2D eigenvalue weighted by Gasteiger charge is 2.32. The summed E-state index contributed by atoms with van der Waals surface area (Å²) in [4.78, 5) is 5.49. The lowest BCUT2D eigenvalue weighted by atomic mass is 9.89. The first-order chi connectivity index (χ1) is 5.59. The van der Waals surface area contributed by atoms with Crippen LogP contribution in [0.1, 0.15) is 35.3 Å². The van der Waals surface area contributed by atoms with Gasteiger partial charge < -0.3 is 5.11 Å². The zero-order valence-electron chi connectivity index (χ0n) is 7.42. The second kappa shape index (κ2) is 2.54. The summed E-state index contributed by atoms with van der Waals surface area (Å²) < 4.78 is 0. The summed E-state index contributed by atoms with van der Waals surface area (Å²) in [5, 5.41) is 11.1. The Kier molecular flexibility index (Phi) is 1.73. The number of aryl methyl sites for hydroxylation is 2. The third-order valence-electron chi connectivity index (χ3n) is 2.37. The Bertz CT molecular complexity index is 303. The maximum Gasteiger partial charge on any atom is 0.0979 e. The van der Waals surface area contributed by atoms with Gasteiger partial charge in [0.05, 0.1) is 21.2 Å². The van der Waals surface area contributed by atoms with Gasteiger partial charge in [-0.1, -0.05) is 0 Å². The zero-order chi connectivity index (χ0) is 8.77. The van der Waals surface area contributed by atoms with E-state index < -0.39 is 5.60 Å². The Balaban J connectivity index is 2.51. The van der Waals surface area contributed by atoms with Crippen molar-refractivity contribution < 1.29 is 5.11 Å². The number of hydrogen-bond donors (Lipinski definition) is 1. The molecule has 0 spiro atoms. The largest absolute Gasteiger partial charge is 0.385 e. The highest BCUT2D eigenvalue weighted by molar-refractivity contribution is 7.11. The molecule has 2 rings (SSSR count). The number of hydrogen-bond acceptors (Lipinski definition) is 3. The highest BCUT2D eigenvalue weighted by atomic mass is 32.1. The van der Waals surface area contributed by atoms with E-state index in [1.54, 1.807) is 11.3 Å². The molecule has 1 N–H and O–H groups in total. The van der Waals surface area contributed by atoms with E-state index in [1.807, 2.05) is 13.8 Å². The van der Waals surface area contributed by atoms with Crippen LogP contribution in [0.25, 0.3) is 0 Å². The lowest BCUT2D eigenvalue weighted by molar-refractivity contribution is 0.0422. The minimum atomic E-state index is -0.612. The van der Waals surface area contributed by atoms with E-state index >= 15 is 0 Å². The van der Waals surface area contributed by atoms with Gasteiger partial charge in [0, 0.05) is 0 Å². The molecule has 0 amide bonds. The lowest BCUT2D eigenvalue weighted by Crippen LogP contribution is -2.25. The second-order valence-electron chi connectivity index (χ2n) is 3.64. The monoisotopic (exact) mass is 183 g/mol. The molecule has 1 heterocycles. The fourth-order valence-corrected chi connectivity index (χ4v) is 2.81. The molecular weight excluding hydrogens is 170 g/mol. The number of aliphatic hydroxyl groups is 1. The average Bonchev–Trinajstić information content (AvgIpc) is 2.30. The van der Waals surface area contributed by atoms with Crippen LogP contribution >= 0.6 is 11.3 Å². The van der Waals surface area contributed by atoms with Gasteiger partial charge in [-0.05, 0) is 33.1 Å². The van der Waals surface area contributed by atoms with Crippen LogP contribution in [-0.4, -0.2) is 10.1 Å². The highest BCUT2D eigenvalue weighted by Crippen LogP contribution is 2.38. The second-order valence-corrected chi connectivity index (χ2v) is 4.84. The molecule has 1 aromatic rings. The molecule has 1 unspecified atom stereocenters. The third kappa shape index (κ3) is 1.17. The lowest BCUT2D eigenvalue weighted by Gasteiger charge is -2.26. The first-order valence-corrected chi connectivity index (χ1v) is 5.10. The van der Waals surface area contributed by atoms with Gasteiger partial charge in [0.2, 0.25) is 0 Å². The number of aromatic nitrogens is 1. The molecule has 1 aliphatic rings. The van der Waals surface area contributed by atoms with Crippen LogP contribution in [0.5, 0.6) is 0 Å². The van der Waals surface area contributed by atoms with E-state index in [4.69, 9.17) is 0 Å². The number of thiazole rings is 1. The predicted octanol–water partition coefficient (Wildman–Crippen LogP) is 2.00. The number of rotatable bonds is 0. The van der Waals surface area contributed by atoms with E-state index in [0.717, 1.165) is 34.8 Å². The van der Waals surface area contributed by atoms with Crippen LogP contribution in [0.15, 0.2) is 0 Å². The first kappa shape index (κ1) is 8.20. The quantitative estimate of drug-likeness (QED) is 0.667. The topological polar surface area (TPSA) is 33.1 Å². The number of fused-ring (bicyclic) bond motifs is 1. The van der Waals surface area contributed by atoms with Gasteiger partial charge in [-0.25, -0.2) is 4.98 Å². The SMILES string of the molecule is Cc1nc2c(s1)C(C)(O)CCC2. The van der Waals surface area contributed by atoms with Crippen molar-refractivity contribution in [2.45, 2.75) is 38.7 Å². The Morgan fingerprint density at radius 1 is 1.58 bits per heavy atom. The molecule has 0 aliphatic heterocycles. The van der Waals surface area contributed by atoms with Gasteiger partial charge in [0.15, 0.2) is 0 Å². The van der Waals surface area contributed by atoms with Crippen molar-refractivity contribution in [1.29, 1.82) is 0 Å². The van der Waals surface area contributed by atoms with E-state index in [9.17, 15) is 5.11 Å². The van der Waals surface area contributed by atoms with Gasteiger partial charge in [0.25, 0.3) is 0 Å². The van der Waals surface area contributed by atoms with Gasteiger partial charge >= 0.3 is 0 Å². The van der Waals surface area contributed by atoms with Crippen molar-refractivity contribution in [3.05, 3.63) is 15.6 Å². The predicted molar refractivity (Wildman–Crippen MR) is 49.4 cm³/mol. The van der Waals surface area contributed by atoms with Gasteiger partial charge in [0.1, 0.15) is 0 Å². The molecule has 1 aromatic heterocycles. The van der Waals surface area contributed by atoms with Crippen molar-refractivity contribution in [1.82, 2.24) is 4.98 Å². The molecule has 66 valence electrons. The molecule has 1 aliphatic carbocycles. The summed E-state index contributed by atoms with van der Waals surface area (Å²) in [7, 11) is 0. The summed E-state index contributed by atoms with van der Waals surface area (Å²) in [6, 6.07) is 0. The number of nitrogens with zero attached hydrogens (tertiary/aromatic N) is 1. The molecule has 0 aromatic carbocycles. The molecule has 0 radical (unpaired) electrons. The smallest absolute Gasteiger partial charge is 0.0979 e. The molecule has 0 saturated carbocycles. The third-order valence-corrected chi connectivity index (χ3v) is 3.64.